The summed E-state index contributed by atoms with van der Waals surface area (Å²) in [6, 6.07) is 10.5. The molecule has 2 aromatic carbocycles. The first-order valence-electron chi connectivity index (χ1n) is 7.59. The molecule has 7 heteroatoms. The minimum absolute atomic E-state index is 0.0384. The molecular formula is C18H15FN2O4. The molecule has 0 aliphatic carbocycles. The highest BCUT2D eigenvalue weighted by atomic mass is 19.1. The summed E-state index contributed by atoms with van der Waals surface area (Å²) in [5, 5.41) is 2.63. The van der Waals surface area contributed by atoms with Crippen molar-refractivity contribution >= 4 is 17.8 Å². The van der Waals surface area contributed by atoms with Crippen molar-refractivity contribution < 1.29 is 23.5 Å². The van der Waals surface area contributed by atoms with Crippen molar-refractivity contribution in [2.75, 3.05) is 6.54 Å². The van der Waals surface area contributed by atoms with Crippen LogP contribution in [0.25, 0.3) is 0 Å². The number of carbonyl (C=O) groups is 3. The lowest BCUT2D eigenvalue weighted by atomic mass is 9.90. The number of benzene rings is 2. The van der Waals surface area contributed by atoms with E-state index in [0.29, 0.717) is 11.1 Å². The Labute approximate surface area is 142 Å². The molecule has 0 spiro atoms. The van der Waals surface area contributed by atoms with Crippen LogP contribution in [-0.4, -0.2) is 24.3 Å². The van der Waals surface area contributed by atoms with E-state index >= 15 is 0 Å². The summed E-state index contributed by atoms with van der Waals surface area (Å²) in [6.07, 6.45) is 0. The zero-order valence-corrected chi connectivity index (χ0v) is 13.1. The van der Waals surface area contributed by atoms with Crippen molar-refractivity contribution in [1.82, 2.24) is 5.32 Å². The van der Waals surface area contributed by atoms with Crippen molar-refractivity contribution in [1.29, 1.82) is 0 Å². The van der Waals surface area contributed by atoms with Gasteiger partial charge in [-0.3, -0.25) is 14.4 Å². The van der Waals surface area contributed by atoms with Gasteiger partial charge in [-0.1, -0.05) is 24.3 Å². The van der Waals surface area contributed by atoms with Gasteiger partial charge in [0.05, 0.1) is 5.92 Å². The van der Waals surface area contributed by atoms with Crippen LogP contribution in [0.4, 0.5) is 4.39 Å². The van der Waals surface area contributed by atoms with Crippen LogP contribution < -0.4 is 11.1 Å². The molecule has 3 rings (SSSR count). The van der Waals surface area contributed by atoms with E-state index < -0.39 is 23.6 Å². The highest BCUT2D eigenvalue weighted by molar-refractivity contribution is 5.99. The Kier molecular flexibility index (Phi) is 4.47. The van der Waals surface area contributed by atoms with E-state index in [1.165, 1.54) is 12.1 Å². The fraction of sp³-hybridized carbons (Fsp3) is 0.167. The second-order valence-electron chi connectivity index (χ2n) is 5.63. The molecule has 2 aromatic rings. The molecule has 0 saturated heterocycles. The van der Waals surface area contributed by atoms with Crippen molar-refractivity contribution in [2.45, 2.75) is 12.5 Å². The van der Waals surface area contributed by atoms with Crippen molar-refractivity contribution in [3.05, 3.63) is 70.5 Å². The molecular weight excluding hydrogens is 327 g/mol. The summed E-state index contributed by atoms with van der Waals surface area (Å²) in [6.45, 7) is -0.159. The number of amides is 2. The van der Waals surface area contributed by atoms with E-state index in [4.69, 9.17) is 10.5 Å². The number of hydrogen-bond donors (Lipinski definition) is 2. The van der Waals surface area contributed by atoms with Crippen molar-refractivity contribution in [3.63, 3.8) is 0 Å². The van der Waals surface area contributed by atoms with Crippen LogP contribution in [0.1, 0.15) is 37.8 Å². The third-order valence-corrected chi connectivity index (χ3v) is 4.04. The largest absolute Gasteiger partial charge is 0.460 e. The highest BCUT2D eigenvalue weighted by Gasteiger charge is 2.31. The van der Waals surface area contributed by atoms with Gasteiger partial charge in [0.25, 0.3) is 5.91 Å². The summed E-state index contributed by atoms with van der Waals surface area (Å²) in [4.78, 5) is 35.2. The minimum atomic E-state index is -0.739. The molecule has 1 unspecified atom stereocenters. The zero-order chi connectivity index (χ0) is 18.0. The first kappa shape index (κ1) is 16.6. The van der Waals surface area contributed by atoms with Gasteiger partial charge in [0.1, 0.15) is 12.4 Å². The predicted molar refractivity (Wildman–Crippen MR) is 86.2 cm³/mol. The normalized spacial score (nSPS) is 15.9. The maximum Gasteiger partial charge on any atom is 0.315 e. The fourth-order valence-electron chi connectivity index (χ4n) is 2.69. The van der Waals surface area contributed by atoms with Crippen LogP contribution in [-0.2, 0) is 16.1 Å². The molecule has 6 nitrogen and oxygen atoms in total. The average molecular weight is 342 g/mol. The third kappa shape index (κ3) is 3.35. The third-order valence-electron chi connectivity index (χ3n) is 4.04. The number of rotatable bonds is 4. The Hall–Kier alpha value is -3.22. The van der Waals surface area contributed by atoms with Crippen LogP contribution in [0.5, 0.6) is 0 Å². The smallest absolute Gasteiger partial charge is 0.315 e. The number of ether oxygens (including phenoxy) is 1. The maximum absolute atomic E-state index is 13.9. The molecule has 0 radical (unpaired) electrons. The first-order valence-corrected chi connectivity index (χ1v) is 7.59. The molecule has 1 atom stereocenters. The predicted octanol–water partition coefficient (Wildman–Crippen LogP) is 1.49. The molecule has 0 fully saturated rings. The first-order chi connectivity index (χ1) is 12.0. The molecule has 0 saturated carbocycles. The molecule has 0 aromatic heterocycles. The van der Waals surface area contributed by atoms with Crippen molar-refractivity contribution in [3.8, 4) is 0 Å². The summed E-state index contributed by atoms with van der Waals surface area (Å²) in [5.41, 5.74) is 6.26. The number of nitrogens with one attached hydrogen (secondary N) is 1. The van der Waals surface area contributed by atoms with Gasteiger partial charge >= 0.3 is 5.97 Å². The number of fused-ring (bicyclic) bond motifs is 1. The Morgan fingerprint density at radius 1 is 1.24 bits per heavy atom. The summed E-state index contributed by atoms with van der Waals surface area (Å²) < 4.78 is 19.1. The minimum Gasteiger partial charge on any atom is -0.460 e. The number of carbonyl (C=O) groups excluding carboxylic acids is 3. The number of primary amides is 1. The SMILES string of the molecule is NC(=O)c1ccc(COC(=O)C2CNC(=O)c3ccccc32)c(F)c1. The number of esters is 1. The number of hydrogen-bond acceptors (Lipinski definition) is 4. The van der Waals surface area contributed by atoms with Gasteiger partial charge in [-0.15, -0.1) is 0 Å². The van der Waals surface area contributed by atoms with Crippen molar-refractivity contribution in [2.24, 2.45) is 5.73 Å². The van der Waals surface area contributed by atoms with Crippen LogP contribution in [0.15, 0.2) is 42.5 Å². The van der Waals surface area contributed by atoms with Crippen LogP contribution >= 0.6 is 0 Å². The van der Waals surface area contributed by atoms with E-state index in [-0.39, 0.29) is 30.2 Å². The second-order valence-corrected chi connectivity index (χ2v) is 5.63. The molecule has 0 bridgehead atoms. The second kappa shape index (κ2) is 6.72. The summed E-state index contributed by atoms with van der Waals surface area (Å²) in [5.74, 6) is -2.88. The average Bonchev–Trinajstić information content (AvgIpc) is 2.61. The van der Waals surface area contributed by atoms with Crippen LogP contribution in [0.2, 0.25) is 0 Å². The standard InChI is InChI=1S/C18H15FN2O4/c19-15-7-10(16(20)22)5-6-11(15)9-25-18(24)14-8-21-17(23)13-4-2-1-3-12(13)14/h1-7,14H,8-9H2,(H2,20,22)(H,21,23). The van der Waals surface area contributed by atoms with E-state index in [9.17, 15) is 18.8 Å². The lowest BCUT2D eigenvalue weighted by Crippen LogP contribution is -2.38. The van der Waals surface area contributed by atoms with Crippen LogP contribution in [0, 0.1) is 5.82 Å². The Morgan fingerprint density at radius 2 is 2.00 bits per heavy atom. The number of halogens is 1. The van der Waals surface area contributed by atoms with Gasteiger partial charge in [-0.25, -0.2) is 4.39 Å². The van der Waals surface area contributed by atoms with E-state index in [1.54, 1.807) is 24.3 Å². The molecule has 25 heavy (non-hydrogen) atoms. The Morgan fingerprint density at radius 3 is 2.72 bits per heavy atom. The Bertz CT molecular complexity index is 866. The zero-order valence-electron chi connectivity index (χ0n) is 13.1. The number of nitrogens with two attached hydrogens (primary N) is 1. The lowest BCUT2D eigenvalue weighted by molar-refractivity contribution is -0.146. The van der Waals surface area contributed by atoms with E-state index in [2.05, 4.69) is 5.32 Å². The topological polar surface area (TPSA) is 98.5 Å². The maximum atomic E-state index is 13.9. The van der Waals surface area contributed by atoms with Crippen LogP contribution in [0.3, 0.4) is 0 Å². The summed E-state index contributed by atoms with van der Waals surface area (Å²) in [7, 11) is 0. The Balaban J connectivity index is 1.73. The molecule has 128 valence electrons. The molecule has 2 amide bonds. The fourth-order valence-corrected chi connectivity index (χ4v) is 2.69. The van der Waals surface area contributed by atoms with Gasteiger partial charge < -0.3 is 15.8 Å². The quantitative estimate of drug-likeness (QED) is 0.823. The monoisotopic (exact) mass is 342 g/mol. The van der Waals surface area contributed by atoms with E-state index in [0.717, 1.165) is 6.07 Å². The molecule has 1 aliphatic heterocycles. The molecule has 3 N–H and O–H groups in total. The van der Waals surface area contributed by atoms with Gasteiger partial charge in [0.15, 0.2) is 0 Å². The van der Waals surface area contributed by atoms with Gasteiger partial charge in [0, 0.05) is 23.2 Å². The van der Waals surface area contributed by atoms with Gasteiger partial charge in [0.2, 0.25) is 5.91 Å². The lowest BCUT2D eigenvalue weighted by Gasteiger charge is -2.24. The van der Waals surface area contributed by atoms with Gasteiger partial charge in [-0.05, 0) is 23.8 Å². The molecule has 1 aliphatic rings. The summed E-state index contributed by atoms with van der Waals surface area (Å²) >= 11 is 0. The van der Waals surface area contributed by atoms with E-state index in [1.807, 2.05) is 0 Å². The molecule has 1 heterocycles. The highest BCUT2D eigenvalue weighted by Crippen LogP contribution is 2.25. The van der Waals surface area contributed by atoms with Gasteiger partial charge in [-0.2, -0.15) is 0 Å².